The van der Waals surface area contributed by atoms with Crippen LogP contribution in [0.15, 0.2) is 30.7 Å². The first-order valence-electron chi connectivity index (χ1n) is 8.07. The van der Waals surface area contributed by atoms with Gasteiger partial charge >= 0.3 is 5.97 Å². The number of nitrogens with zero attached hydrogens (tertiary/aromatic N) is 4. The van der Waals surface area contributed by atoms with Gasteiger partial charge in [0.25, 0.3) is 0 Å². The number of rotatable bonds is 4. The largest absolute Gasteiger partial charge is 0.476 e. The van der Waals surface area contributed by atoms with Gasteiger partial charge in [-0.1, -0.05) is 6.07 Å². The van der Waals surface area contributed by atoms with Crippen molar-refractivity contribution in [2.24, 2.45) is 5.92 Å². The van der Waals surface area contributed by atoms with Crippen LogP contribution in [-0.4, -0.2) is 45.0 Å². The molecule has 1 unspecified atom stereocenters. The topological polar surface area (TPSA) is 108 Å². The number of anilines is 2. The van der Waals surface area contributed by atoms with E-state index in [1.165, 1.54) is 12.4 Å². The fraction of sp³-hybridized carbons (Fsp3) is 0.353. The van der Waals surface area contributed by atoms with Gasteiger partial charge in [-0.3, -0.25) is 4.79 Å². The van der Waals surface area contributed by atoms with Gasteiger partial charge in [0.15, 0.2) is 5.69 Å². The molecule has 2 aromatic heterocycles. The summed E-state index contributed by atoms with van der Waals surface area (Å²) in [5, 5.41) is 11.7. The van der Waals surface area contributed by atoms with E-state index in [0.717, 1.165) is 24.9 Å². The molecule has 130 valence electrons. The normalized spacial score (nSPS) is 17.2. The van der Waals surface area contributed by atoms with Gasteiger partial charge < -0.3 is 15.3 Å². The summed E-state index contributed by atoms with van der Waals surface area (Å²) in [5.74, 6) is -0.246. The van der Waals surface area contributed by atoms with E-state index in [-0.39, 0.29) is 17.5 Å². The van der Waals surface area contributed by atoms with E-state index in [2.05, 4.69) is 20.3 Å². The van der Waals surface area contributed by atoms with Crippen molar-refractivity contribution in [1.82, 2.24) is 15.0 Å². The number of aromatic carboxylic acids is 1. The van der Waals surface area contributed by atoms with Gasteiger partial charge in [-0.05, 0) is 31.4 Å². The highest BCUT2D eigenvalue weighted by Crippen LogP contribution is 2.22. The molecule has 1 aliphatic heterocycles. The Bertz CT molecular complexity index is 761. The number of carbonyl (C=O) groups excluding carboxylic acids is 1. The first-order chi connectivity index (χ1) is 12.0. The van der Waals surface area contributed by atoms with Gasteiger partial charge in [-0.25, -0.2) is 19.7 Å². The van der Waals surface area contributed by atoms with E-state index in [9.17, 15) is 9.59 Å². The summed E-state index contributed by atoms with van der Waals surface area (Å²) in [6, 6.07) is 3.68. The van der Waals surface area contributed by atoms with Crippen LogP contribution in [0, 0.1) is 12.8 Å². The molecule has 8 nitrogen and oxygen atoms in total. The summed E-state index contributed by atoms with van der Waals surface area (Å²) in [7, 11) is 0. The number of carbonyl (C=O) groups is 2. The van der Waals surface area contributed by atoms with E-state index in [1.54, 1.807) is 12.3 Å². The summed E-state index contributed by atoms with van der Waals surface area (Å²) in [6.45, 7) is 3.21. The zero-order valence-corrected chi connectivity index (χ0v) is 13.8. The van der Waals surface area contributed by atoms with Gasteiger partial charge in [0.2, 0.25) is 5.91 Å². The molecule has 1 atom stereocenters. The number of amides is 1. The standard InChI is InChI=1S/C17H19N5O3/c1-11-4-5-14(19-7-11)21-16(23)12-3-2-6-22(10-12)15-9-18-13(8-20-15)17(24)25/h4-5,7-9,12H,2-3,6,10H2,1H3,(H,24,25)(H,19,21,23). The summed E-state index contributed by atoms with van der Waals surface area (Å²) in [6.07, 6.45) is 6.02. The molecule has 1 fully saturated rings. The molecule has 3 rings (SSSR count). The number of piperidine rings is 1. The second-order valence-electron chi connectivity index (χ2n) is 6.06. The molecule has 0 aromatic carbocycles. The number of carboxylic acids is 1. The number of aromatic nitrogens is 3. The zero-order valence-electron chi connectivity index (χ0n) is 13.8. The Morgan fingerprint density at radius 2 is 2.04 bits per heavy atom. The third-order valence-electron chi connectivity index (χ3n) is 4.14. The molecule has 1 saturated heterocycles. The maximum Gasteiger partial charge on any atom is 0.356 e. The van der Waals surface area contributed by atoms with Crippen molar-refractivity contribution < 1.29 is 14.7 Å². The van der Waals surface area contributed by atoms with Crippen LogP contribution in [0.25, 0.3) is 0 Å². The maximum atomic E-state index is 12.5. The van der Waals surface area contributed by atoms with Crippen LogP contribution in [-0.2, 0) is 4.79 Å². The van der Waals surface area contributed by atoms with Crippen LogP contribution in [0.5, 0.6) is 0 Å². The second-order valence-corrected chi connectivity index (χ2v) is 6.06. The van der Waals surface area contributed by atoms with E-state index >= 15 is 0 Å². The molecule has 3 heterocycles. The lowest BCUT2D eigenvalue weighted by Gasteiger charge is -2.32. The Kier molecular flexibility index (Phi) is 4.87. The van der Waals surface area contributed by atoms with Crippen molar-refractivity contribution in [2.45, 2.75) is 19.8 Å². The van der Waals surface area contributed by atoms with E-state index < -0.39 is 5.97 Å². The Hall–Kier alpha value is -3.03. The number of hydrogen-bond donors (Lipinski definition) is 2. The molecule has 2 N–H and O–H groups in total. The van der Waals surface area contributed by atoms with E-state index in [1.807, 2.05) is 17.9 Å². The molecule has 1 amide bonds. The lowest BCUT2D eigenvalue weighted by Crippen LogP contribution is -2.41. The first kappa shape index (κ1) is 16.8. The number of aryl methyl sites for hydroxylation is 1. The Morgan fingerprint density at radius 1 is 1.20 bits per heavy atom. The van der Waals surface area contributed by atoms with Crippen molar-refractivity contribution >= 4 is 23.5 Å². The van der Waals surface area contributed by atoms with Gasteiger partial charge in [0.1, 0.15) is 11.6 Å². The molecule has 0 bridgehead atoms. The van der Waals surface area contributed by atoms with Crippen LogP contribution < -0.4 is 10.2 Å². The summed E-state index contributed by atoms with van der Waals surface area (Å²) in [5.41, 5.74) is 0.936. The molecule has 2 aromatic rings. The molecule has 0 spiro atoms. The minimum atomic E-state index is -1.11. The number of carboxylic acid groups (broad SMARTS) is 1. The van der Waals surface area contributed by atoms with E-state index in [4.69, 9.17) is 5.11 Å². The van der Waals surface area contributed by atoms with Crippen LogP contribution in [0.2, 0.25) is 0 Å². The highest BCUT2D eigenvalue weighted by atomic mass is 16.4. The number of hydrogen-bond acceptors (Lipinski definition) is 6. The highest BCUT2D eigenvalue weighted by molar-refractivity contribution is 5.92. The van der Waals surface area contributed by atoms with Crippen LogP contribution >= 0.6 is 0 Å². The smallest absolute Gasteiger partial charge is 0.356 e. The third-order valence-corrected chi connectivity index (χ3v) is 4.14. The minimum Gasteiger partial charge on any atom is -0.476 e. The molecule has 8 heteroatoms. The molecule has 0 aliphatic carbocycles. The molecule has 1 aliphatic rings. The van der Waals surface area contributed by atoms with Crippen molar-refractivity contribution in [2.75, 3.05) is 23.3 Å². The van der Waals surface area contributed by atoms with Gasteiger partial charge in [-0.2, -0.15) is 0 Å². The minimum absolute atomic E-state index is 0.0730. The number of nitrogens with one attached hydrogen (secondary N) is 1. The van der Waals surface area contributed by atoms with Gasteiger partial charge in [-0.15, -0.1) is 0 Å². The van der Waals surface area contributed by atoms with E-state index in [0.29, 0.717) is 18.2 Å². The average molecular weight is 341 g/mol. The molecular weight excluding hydrogens is 322 g/mol. The predicted octanol–water partition coefficient (Wildman–Crippen LogP) is 1.73. The molecule has 0 saturated carbocycles. The SMILES string of the molecule is Cc1ccc(NC(=O)C2CCCN(c3cnc(C(=O)O)cn3)C2)nc1. The Labute approximate surface area is 144 Å². The Balaban J connectivity index is 1.64. The maximum absolute atomic E-state index is 12.5. The van der Waals surface area contributed by atoms with Crippen molar-refractivity contribution in [3.63, 3.8) is 0 Å². The fourth-order valence-corrected chi connectivity index (χ4v) is 2.76. The lowest BCUT2D eigenvalue weighted by molar-refractivity contribution is -0.120. The molecular formula is C17H19N5O3. The summed E-state index contributed by atoms with van der Waals surface area (Å²) < 4.78 is 0. The predicted molar refractivity (Wildman–Crippen MR) is 91.5 cm³/mol. The summed E-state index contributed by atoms with van der Waals surface area (Å²) in [4.78, 5) is 37.5. The third kappa shape index (κ3) is 4.09. The molecule has 0 radical (unpaired) electrons. The van der Waals surface area contributed by atoms with Crippen LogP contribution in [0.3, 0.4) is 0 Å². The van der Waals surface area contributed by atoms with Gasteiger partial charge in [0.05, 0.1) is 18.3 Å². The van der Waals surface area contributed by atoms with Crippen molar-refractivity contribution in [3.8, 4) is 0 Å². The van der Waals surface area contributed by atoms with Crippen LogP contribution in [0.1, 0.15) is 28.9 Å². The highest BCUT2D eigenvalue weighted by Gasteiger charge is 2.27. The summed E-state index contributed by atoms with van der Waals surface area (Å²) >= 11 is 0. The van der Waals surface area contributed by atoms with Crippen molar-refractivity contribution in [1.29, 1.82) is 0 Å². The second kappa shape index (κ2) is 7.25. The monoisotopic (exact) mass is 341 g/mol. The zero-order chi connectivity index (χ0) is 17.8. The van der Waals surface area contributed by atoms with Crippen LogP contribution in [0.4, 0.5) is 11.6 Å². The van der Waals surface area contributed by atoms with Crippen molar-refractivity contribution in [3.05, 3.63) is 42.0 Å². The Morgan fingerprint density at radius 3 is 2.68 bits per heavy atom. The number of pyridine rings is 1. The van der Waals surface area contributed by atoms with Gasteiger partial charge in [0, 0.05) is 19.3 Å². The average Bonchev–Trinajstić information content (AvgIpc) is 2.64. The quantitative estimate of drug-likeness (QED) is 0.872. The molecule has 25 heavy (non-hydrogen) atoms. The first-order valence-corrected chi connectivity index (χ1v) is 8.07. The lowest BCUT2D eigenvalue weighted by atomic mass is 9.97. The fourth-order valence-electron chi connectivity index (χ4n) is 2.76.